The second-order valence-corrected chi connectivity index (χ2v) is 6.51. The van der Waals surface area contributed by atoms with Gasteiger partial charge in [0.15, 0.2) is 5.82 Å². The molecule has 0 radical (unpaired) electrons. The number of nitrogens with zero attached hydrogens (tertiary/aromatic N) is 2. The number of amides is 2. The van der Waals surface area contributed by atoms with Crippen LogP contribution in [-0.4, -0.2) is 55.0 Å². The lowest BCUT2D eigenvalue weighted by molar-refractivity contribution is -0.119. The summed E-state index contributed by atoms with van der Waals surface area (Å²) >= 11 is 0. The summed E-state index contributed by atoms with van der Waals surface area (Å²) in [7, 11) is 1.84. The van der Waals surface area contributed by atoms with Crippen LogP contribution in [0.5, 0.6) is 5.75 Å². The van der Waals surface area contributed by atoms with Gasteiger partial charge < -0.3 is 20.1 Å². The Labute approximate surface area is 156 Å². The van der Waals surface area contributed by atoms with Crippen LogP contribution in [0.1, 0.15) is 12.5 Å². The molecule has 1 aromatic heterocycles. The highest BCUT2D eigenvalue weighted by molar-refractivity contribution is 5.91. The number of hydrogen-bond acceptors (Lipinski definition) is 6. The number of rotatable bonds is 4. The molecular weight excluding hydrogens is 350 g/mol. The molecule has 0 spiro atoms. The number of carbonyl (C=O) groups is 2. The van der Waals surface area contributed by atoms with Gasteiger partial charge in [0, 0.05) is 37.6 Å². The van der Waals surface area contributed by atoms with Gasteiger partial charge in [0.25, 0.3) is 0 Å². The van der Waals surface area contributed by atoms with E-state index in [0.717, 1.165) is 29.1 Å². The third-order valence-electron chi connectivity index (χ3n) is 4.71. The Bertz CT molecular complexity index is 894. The van der Waals surface area contributed by atoms with Crippen molar-refractivity contribution in [1.29, 1.82) is 0 Å². The van der Waals surface area contributed by atoms with Gasteiger partial charge in [0.2, 0.25) is 5.91 Å². The second-order valence-electron chi connectivity index (χ2n) is 6.51. The van der Waals surface area contributed by atoms with Crippen molar-refractivity contribution in [2.75, 3.05) is 37.0 Å². The van der Waals surface area contributed by atoms with Crippen LogP contribution in [0.2, 0.25) is 0 Å². The molecule has 2 aromatic rings. The number of ether oxygens (including phenoxy) is 2. The fraction of sp³-hybridized carbons (Fsp3) is 0.389. The van der Waals surface area contributed by atoms with E-state index in [1.54, 1.807) is 4.90 Å². The monoisotopic (exact) mass is 371 g/mol. The third-order valence-corrected chi connectivity index (χ3v) is 4.71. The SMILES string of the molecule is CNc1n[nH]c2c1CCOc1cc(N3C[C@H](CNC(C)=O)OC3=O)ccc1-2. The van der Waals surface area contributed by atoms with Gasteiger partial charge in [-0.2, -0.15) is 5.10 Å². The van der Waals surface area contributed by atoms with Crippen molar-refractivity contribution in [2.45, 2.75) is 19.4 Å². The summed E-state index contributed by atoms with van der Waals surface area (Å²) < 4.78 is 11.2. The van der Waals surface area contributed by atoms with Gasteiger partial charge in [0.05, 0.1) is 31.1 Å². The Morgan fingerprint density at radius 2 is 2.30 bits per heavy atom. The molecule has 3 heterocycles. The molecule has 1 atom stereocenters. The van der Waals surface area contributed by atoms with E-state index in [2.05, 4.69) is 20.8 Å². The molecule has 3 N–H and O–H groups in total. The fourth-order valence-electron chi connectivity index (χ4n) is 3.40. The lowest BCUT2D eigenvalue weighted by atomic mass is 10.0. The first-order chi connectivity index (χ1) is 13.1. The van der Waals surface area contributed by atoms with E-state index in [1.165, 1.54) is 6.92 Å². The number of hydrogen-bond donors (Lipinski definition) is 3. The molecule has 0 aliphatic carbocycles. The molecule has 9 heteroatoms. The summed E-state index contributed by atoms with van der Waals surface area (Å²) in [5.41, 5.74) is 3.61. The van der Waals surface area contributed by atoms with Crippen LogP contribution in [-0.2, 0) is 16.0 Å². The standard InChI is InChI=1S/C18H21N5O4/c1-10(24)20-8-12-9-23(18(25)27-12)11-3-4-13-15(7-11)26-6-5-14-16(13)21-22-17(14)19-2/h3-4,7,12H,5-6,8-9H2,1-2H3,(H,20,24)(H2,19,21,22)/t12-/m0/s1. The fourth-order valence-corrected chi connectivity index (χ4v) is 3.40. The smallest absolute Gasteiger partial charge is 0.414 e. The van der Waals surface area contributed by atoms with Crippen molar-refractivity contribution in [2.24, 2.45) is 0 Å². The van der Waals surface area contributed by atoms with Crippen LogP contribution in [0.25, 0.3) is 11.3 Å². The molecule has 1 saturated heterocycles. The summed E-state index contributed by atoms with van der Waals surface area (Å²) in [6.45, 7) is 2.62. The largest absolute Gasteiger partial charge is 0.492 e. The molecule has 1 fully saturated rings. The molecule has 27 heavy (non-hydrogen) atoms. The normalized spacial score (nSPS) is 18.1. The first kappa shape index (κ1) is 17.2. The number of benzene rings is 1. The van der Waals surface area contributed by atoms with Crippen molar-refractivity contribution in [3.8, 4) is 17.0 Å². The predicted octanol–water partition coefficient (Wildman–Crippen LogP) is 1.51. The number of cyclic esters (lactones) is 1. The lowest BCUT2D eigenvalue weighted by Gasteiger charge is -2.16. The van der Waals surface area contributed by atoms with Crippen LogP contribution in [0, 0.1) is 0 Å². The van der Waals surface area contributed by atoms with E-state index in [4.69, 9.17) is 9.47 Å². The molecule has 0 unspecified atom stereocenters. The van der Waals surface area contributed by atoms with Crippen molar-refractivity contribution in [3.05, 3.63) is 23.8 Å². The Hall–Kier alpha value is -3.23. The van der Waals surface area contributed by atoms with Crippen molar-refractivity contribution < 1.29 is 19.1 Å². The minimum absolute atomic E-state index is 0.153. The Morgan fingerprint density at radius 1 is 1.44 bits per heavy atom. The lowest BCUT2D eigenvalue weighted by Crippen LogP contribution is -2.33. The zero-order valence-corrected chi connectivity index (χ0v) is 15.2. The van der Waals surface area contributed by atoms with E-state index in [9.17, 15) is 9.59 Å². The van der Waals surface area contributed by atoms with Crippen LogP contribution in [0.15, 0.2) is 18.2 Å². The quantitative estimate of drug-likeness (QED) is 0.752. The molecule has 9 nitrogen and oxygen atoms in total. The van der Waals surface area contributed by atoms with Gasteiger partial charge in [-0.25, -0.2) is 4.79 Å². The minimum atomic E-state index is -0.432. The second kappa shape index (κ2) is 6.82. The highest BCUT2D eigenvalue weighted by atomic mass is 16.6. The summed E-state index contributed by atoms with van der Waals surface area (Å²) in [5.74, 6) is 1.35. The summed E-state index contributed by atoms with van der Waals surface area (Å²) in [6, 6.07) is 5.62. The van der Waals surface area contributed by atoms with E-state index < -0.39 is 6.09 Å². The number of nitrogens with one attached hydrogen (secondary N) is 3. The van der Waals surface area contributed by atoms with Crippen LogP contribution < -0.4 is 20.3 Å². The number of carbonyl (C=O) groups excluding carboxylic acids is 2. The number of aromatic nitrogens is 2. The van der Waals surface area contributed by atoms with Gasteiger partial charge in [0.1, 0.15) is 11.9 Å². The zero-order chi connectivity index (χ0) is 19.0. The van der Waals surface area contributed by atoms with E-state index in [0.29, 0.717) is 31.1 Å². The maximum Gasteiger partial charge on any atom is 0.414 e. The molecule has 1 aromatic carbocycles. The molecule has 142 valence electrons. The predicted molar refractivity (Wildman–Crippen MR) is 99.1 cm³/mol. The zero-order valence-electron chi connectivity index (χ0n) is 15.2. The first-order valence-corrected chi connectivity index (χ1v) is 8.81. The van der Waals surface area contributed by atoms with Crippen LogP contribution >= 0.6 is 0 Å². The number of aromatic amines is 1. The van der Waals surface area contributed by atoms with Gasteiger partial charge in [-0.15, -0.1) is 0 Å². The number of fused-ring (bicyclic) bond motifs is 3. The van der Waals surface area contributed by atoms with E-state index >= 15 is 0 Å². The molecular formula is C18H21N5O4. The first-order valence-electron chi connectivity index (χ1n) is 8.81. The molecule has 2 aliphatic rings. The van der Waals surface area contributed by atoms with Crippen LogP contribution in [0.3, 0.4) is 0 Å². The summed E-state index contributed by atoms with van der Waals surface area (Å²) in [5, 5.41) is 13.1. The maximum atomic E-state index is 12.2. The Balaban J connectivity index is 1.59. The van der Waals surface area contributed by atoms with Crippen molar-refractivity contribution >= 4 is 23.5 Å². The molecule has 4 rings (SSSR count). The molecule has 0 saturated carbocycles. The molecule has 2 aliphatic heterocycles. The highest BCUT2D eigenvalue weighted by Gasteiger charge is 2.33. The van der Waals surface area contributed by atoms with Gasteiger partial charge in [-0.1, -0.05) is 0 Å². The molecule has 2 amide bonds. The van der Waals surface area contributed by atoms with Crippen LogP contribution in [0.4, 0.5) is 16.3 Å². The number of anilines is 2. The maximum absolute atomic E-state index is 12.2. The van der Waals surface area contributed by atoms with E-state index in [1.807, 2.05) is 25.2 Å². The minimum Gasteiger partial charge on any atom is -0.492 e. The Kier molecular flexibility index (Phi) is 4.35. The van der Waals surface area contributed by atoms with Gasteiger partial charge >= 0.3 is 6.09 Å². The topological polar surface area (TPSA) is 109 Å². The van der Waals surface area contributed by atoms with Gasteiger partial charge in [-0.3, -0.25) is 14.8 Å². The van der Waals surface area contributed by atoms with Crippen molar-refractivity contribution in [3.63, 3.8) is 0 Å². The Morgan fingerprint density at radius 3 is 3.07 bits per heavy atom. The van der Waals surface area contributed by atoms with E-state index in [-0.39, 0.29) is 12.0 Å². The molecule has 0 bridgehead atoms. The average molecular weight is 371 g/mol. The average Bonchev–Trinajstić information content (AvgIpc) is 3.18. The highest BCUT2D eigenvalue weighted by Crippen LogP contribution is 2.39. The third kappa shape index (κ3) is 3.16. The summed E-state index contributed by atoms with van der Waals surface area (Å²) in [6.07, 6.45) is -0.0755. The van der Waals surface area contributed by atoms with Gasteiger partial charge in [-0.05, 0) is 12.1 Å². The van der Waals surface area contributed by atoms with Crippen molar-refractivity contribution in [1.82, 2.24) is 15.5 Å². The summed E-state index contributed by atoms with van der Waals surface area (Å²) in [4.78, 5) is 24.8. The number of H-pyrrole nitrogens is 1.